The van der Waals surface area contributed by atoms with Crippen molar-refractivity contribution in [3.8, 4) is 0 Å². The summed E-state index contributed by atoms with van der Waals surface area (Å²) in [6.45, 7) is 3.06. The summed E-state index contributed by atoms with van der Waals surface area (Å²) in [6.07, 6.45) is 6.92. The van der Waals surface area contributed by atoms with Gasteiger partial charge in [0, 0.05) is 31.7 Å². The van der Waals surface area contributed by atoms with Crippen molar-refractivity contribution in [2.75, 3.05) is 19.6 Å². The van der Waals surface area contributed by atoms with E-state index in [1.165, 1.54) is 6.42 Å². The van der Waals surface area contributed by atoms with Crippen molar-refractivity contribution in [1.82, 2.24) is 15.6 Å². The summed E-state index contributed by atoms with van der Waals surface area (Å²) in [4.78, 5) is 4.00. The molecule has 2 aliphatic heterocycles. The lowest BCUT2D eigenvalue weighted by molar-refractivity contribution is 0.0147. The fraction of sp³-hybridized carbons (Fsp3) is 0.571. The van der Waals surface area contributed by atoms with E-state index in [-0.39, 0.29) is 0 Å². The van der Waals surface area contributed by atoms with Crippen LogP contribution in [0.1, 0.15) is 6.42 Å². The molecular formula is C7H12N4. The van der Waals surface area contributed by atoms with Gasteiger partial charge in [0.2, 0.25) is 0 Å². The van der Waals surface area contributed by atoms with Gasteiger partial charge in [0.05, 0.1) is 6.54 Å². The molecule has 1 N–H and O–H groups in total. The quantitative estimate of drug-likeness (QED) is 0.572. The van der Waals surface area contributed by atoms with Crippen LogP contribution >= 0.6 is 0 Å². The molecule has 2 aliphatic rings. The first kappa shape index (κ1) is 6.82. The van der Waals surface area contributed by atoms with Crippen LogP contribution in [0, 0.1) is 0 Å². The van der Waals surface area contributed by atoms with E-state index in [2.05, 4.69) is 20.5 Å². The first-order valence-electron chi connectivity index (χ1n) is 3.93. The molecule has 0 radical (unpaired) electrons. The van der Waals surface area contributed by atoms with Gasteiger partial charge in [-0.25, -0.2) is 5.43 Å². The Labute approximate surface area is 66.1 Å². The van der Waals surface area contributed by atoms with Crippen molar-refractivity contribution in [1.29, 1.82) is 0 Å². The largest absolute Gasteiger partial charge is 0.293 e. The van der Waals surface area contributed by atoms with Crippen LogP contribution in [0.25, 0.3) is 0 Å². The lowest BCUT2D eigenvalue weighted by Gasteiger charge is -2.29. The van der Waals surface area contributed by atoms with E-state index in [9.17, 15) is 0 Å². The predicted molar refractivity (Wildman–Crippen MR) is 43.7 cm³/mol. The molecule has 4 heteroatoms. The SMILES string of the molecule is C1=CN(N2CCCN2)CC=N1. The first-order chi connectivity index (χ1) is 5.47. The number of rotatable bonds is 1. The minimum Gasteiger partial charge on any atom is -0.293 e. The molecule has 0 aromatic rings. The number of nitrogens with one attached hydrogen (secondary N) is 1. The van der Waals surface area contributed by atoms with E-state index < -0.39 is 0 Å². The highest BCUT2D eigenvalue weighted by molar-refractivity contribution is 5.61. The third-order valence-electron chi connectivity index (χ3n) is 1.85. The average Bonchev–Trinajstić information content (AvgIpc) is 2.58. The topological polar surface area (TPSA) is 30.9 Å². The van der Waals surface area contributed by atoms with Gasteiger partial charge in [0.15, 0.2) is 0 Å². The van der Waals surface area contributed by atoms with Gasteiger partial charge in [0.1, 0.15) is 0 Å². The van der Waals surface area contributed by atoms with Gasteiger partial charge in [-0.1, -0.05) is 0 Å². The molecule has 0 bridgehead atoms. The highest BCUT2D eigenvalue weighted by atomic mass is 15.8. The molecule has 2 heterocycles. The predicted octanol–water partition coefficient (Wildman–Crippen LogP) is -0.0307. The summed E-state index contributed by atoms with van der Waals surface area (Å²) in [5, 5.41) is 4.25. The molecule has 0 spiro atoms. The van der Waals surface area contributed by atoms with Crippen LogP contribution in [0.5, 0.6) is 0 Å². The van der Waals surface area contributed by atoms with E-state index in [4.69, 9.17) is 0 Å². The van der Waals surface area contributed by atoms with Gasteiger partial charge in [-0.2, -0.15) is 5.12 Å². The van der Waals surface area contributed by atoms with Crippen molar-refractivity contribution < 1.29 is 0 Å². The number of aliphatic imine (C=N–C) groups is 1. The highest BCUT2D eigenvalue weighted by Gasteiger charge is 2.15. The molecule has 0 unspecified atom stereocenters. The number of hydrogen-bond donors (Lipinski definition) is 1. The monoisotopic (exact) mass is 152 g/mol. The zero-order chi connectivity index (χ0) is 7.52. The number of nitrogens with zero attached hydrogens (tertiary/aromatic N) is 3. The highest BCUT2D eigenvalue weighted by Crippen LogP contribution is 2.04. The van der Waals surface area contributed by atoms with Crippen LogP contribution < -0.4 is 5.43 Å². The van der Waals surface area contributed by atoms with Crippen molar-refractivity contribution in [2.45, 2.75) is 6.42 Å². The maximum absolute atomic E-state index is 4.00. The Morgan fingerprint density at radius 3 is 3.09 bits per heavy atom. The summed E-state index contributed by atoms with van der Waals surface area (Å²) in [6, 6.07) is 0. The number of hydrogen-bond acceptors (Lipinski definition) is 4. The maximum Gasteiger partial charge on any atom is 0.0707 e. The van der Waals surface area contributed by atoms with Crippen LogP contribution in [-0.4, -0.2) is 36.0 Å². The Hall–Kier alpha value is -0.870. The lowest BCUT2D eigenvalue weighted by Crippen LogP contribution is -2.45. The Kier molecular flexibility index (Phi) is 1.87. The Bertz CT molecular complexity index is 181. The second-order valence-electron chi connectivity index (χ2n) is 2.64. The van der Waals surface area contributed by atoms with Crippen LogP contribution in [0.4, 0.5) is 0 Å². The molecule has 11 heavy (non-hydrogen) atoms. The minimum absolute atomic E-state index is 0.878. The van der Waals surface area contributed by atoms with E-state index in [0.29, 0.717) is 0 Å². The van der Waals surface area contributed by atoms with Crippen LogP contribution in [0.15, 0.2) is 17.4 Å². The second-order valence-corrected chi connectivity index (χ2v) is 2.64. The molecule has 0 atom stereocenters. The summed E-state index contributed by atoms with van der Waals surface area (Å²) in [5.74, 6) is 0. The minimum atomic E-state index is 0.878. The average molecular weight is 152 g/mol. The Balaban J connectivity index is 1.94. The fourth-order valence-electron chi connectivity index (χ4n) is 1.28. The van der Waals surface area contributed by atoms with Crippen LogP contribution in [0.3, 0.4) is 0 Å². The first-order valence-corrected chi connectivity index (χ1v) is 3.93. The molecule has 1 fully saturated rings. The fourth-order valence-corrected chi connectivity index (χ4v) is 1.28. The molecule has 0 aliphatic carbocycles. The molecule has 60 valence electrons. The maximum atomic E-state index is 4.00. The van der Waals surface area contributed by atoms with E-state index in [1.807, 2.05) is 18.6 Å². The molecule has 0 aromatic heterocycles. The van der Waals surface area contributed by atoms with Gasteiger partial charge in [-0.05, 0) is 6.42 Å². The van der Waals surface area contributed by atoms with Gasteiger partial charge in [-0.15, -0.1) is 0 Å². The van der Waals surface area contributed by atoms with Gasteiger partial charge in [0.25, 0.3) is 0 Å². The van der Waals surface area contributed by atoms with Gasteiger partial charge >= 0.3 is 0 Å². The molecule has 0 aromatic carbocycles. The smallest absolute Gasteiger partial charge is 0.0707 e. The summed E-state index contributed by atoms with van der Waals surface area (Å²) >= 11 is 0. The van der Waals surface area contributed by atoms with E-state index in [1.54, 1.807) is 0 Å². The zero-order valence-electron chi connectivity index (χ0n) is 6.40. The summed E-state index contributed by atoms with van der Waals surface area (Å²) < 4.78 is 0. The third kappa shape index (κ3) is 1.41. The Morgan fingerprint density at radius 2 is 2.45 bits per heavy atom. The molecule has 0 saturated carbocycles. The Morgan fingerprint density at radius 1 is 1.45 bits per heavy atom. The van der Waals surface area contributed by atoms with E-state index >= 15 is 0 Å². The van der Waals surface area contributed by atoms with Crippen molar-refractivity contribution in [3.05, 3.63) is 12.4 Å². The van der Waals surface area contributed by atoms with Crippen LogP contribution in [-0.2, 0) is 0 Å². The molecule has 0 amide bonds. The molecule has 4 nitrogen and oxygen atoms in total. The number of hydrazine groups is 2. The summed E-state index contributed by atoms with van der Waals surface area (Å²) in [7, 11) is 0. The van der Waals surface area contributed by atoms with Crippen molar-refractivity contribution in [2.24, 2.45) is 4.99 Å². The zero-order valence-corrected chi connectivity index (χ0v) is 6.40. The van der Waals surface area contributed by atoms with Crippen molar-refractivity contribution in [3.63, 3.8) is 0 Å². The second kappa shape index (κ2) is 3.02. The molecule has 2 rings (SSSR count). The lowest BCUT2D eigenvalue weighted by atomic mass is 10.5. The van der Waals surface area contributed by atoms with Gasteiger partial charge < -0.3 is 0 Å². The molecule has 1 saturated heterocycles. The van der Waals surface area contributed by atoms with Crippen LogP contribution in [0.2, 0.25) is 0 Å². The standard InChI is InChI=1S/C7H12N4/c1-2-9-11(5-1)10-6-3-8-4-7-10/h3-4,6,9H,1-2,5,7H2. The van der Waals surface area contributed by atoms with E-state index in [0.717, 1.165) is 19.6 Å². The molecular weight excluding hydrogens is 140 g/mol. The normalized spacial score (nSPS) is 24.9. The van der Waals surface area contributed by atoms with Gasteiger partial charge in [-0.3, -0.25) is 10.0 Å². The summed E-state index contributed by atoms with van der Waals surface area (Å²) in [5.41, 5.74) is 3.27. The third-order valence-corrected chi connectivity index (χ3v) is 1.85. The van der Waals surface area contributed by atoms with Crippen molar-refractivity contribution >= 4 is 6.21 Å².